The minimum Gasteiger partial charge on any atom is -0.483 e. The number of hydrogen-bond acceptors (Lipinski definition) is 3. The third-order valence-electron chi connectivity index (χ3n) is 3.78. The van der Waals surface area contributed by atoms with Crippen molar-refractivity contribution in [2.75, 3.05) is 6.61 Å². The van der Waals surface area contributed by atoms with Crippen LogP contribution in [-0.2, 0) is 4.79 Å². The number of aromatic amines is 1. The highest BCUT2D eigenvalue weighted by molar-refractivity contribution is 6.00. The maximum absolute atomic E-state index is 11.8. The molecule has 0 atom stereocenters. The van der Waals surface area contributed by atoms with Gasteiger partial charge in [-0.25, -0.2) is 5.43 Å². The van der Waals surface area contributed by atoms with Crippen LogP contribution in [0.5, 0.6) is 5.75 Å². The summed E-state index contributed by atoms with van der Waals surface area (Å²) in [5, 5.41) is 5.11. The van der Waals surface area contributed by atoms with Crippen LogP contribution in [0.1, 0.15) is 16.8 Å². The van der Waals surface area contributed by atoms with Gasteiger partial charge in [0.1, 0.15) is 5.75 Å². The Morgan fingerprint density at radius 3 is 2.75 bits per heavy atom. The zero-order valence-corrected chi connectivity index (χ0v) is 13.7. The highest BCUT2D eigenvalue weighted by Crippen LogP contribution is 2.19. The largest absolute Gasteiger partial charge is 0.483 e. The molecule has 0 radical (unpaired) electrons. The third-order valence-corrected chi connectivity index (χ3v) is 3.78. The first kappa shape index (κ1) is 15.8. The van der Waals surface area contributed by atoms with E-state index < -0.39 is 0 Å². The summed E-state index contributed by atoms with van der Waals surface area (Å²) >= 11 is 0. The zero-order valence-electron chi connectivity index (χ0n) is 13.7. The Morgan fingerprint density at radius 1 is 1.17 bits per heavy atom. The fourth-order valence-corrected chi connectivity index (χ4v) is 2.53. The number of fused-ring (bicyclic) bond motifs is 1. The summed E-state index contributed by atoms with van der Waals surface area (Å²) in [6.45, 7) is 3.84. The molecule has 0 bridgehead atoms. The average Bonchev–Trinajstić information content (AvgIpc) is 2.90. The number of H-pyrrole nitrogens is 1. The molecular weight excluding hydrogens is 302 g/mol. The molecule has 1 aromatic heterocycles. The molecular formula is C19H19N3O2. The zero-order chi connectivity index (χ0) is 16.9. The summed E-state index contributed by atoms with van der Waals surface area (Å²) in [4.78, 5) is 15.1. The number of carbonyl (C=O) groups excluding carboxylic acids is 1. The van der Waals surface area contributed by atoms with E-state index in [1.54, 1.807) is 6.21 Å². The quantitative estimate of drug-likeness (QED) is 0.559. The van der Waals surface area contributed by atoms with Crippen molar-refractivity contribution in [2.24, 2.45) is 5.10 Å². The van der Waals surface area contributed by atoms with Crippen LogP contribution in [-0.4, -0.2) is 23.7 Å². The van der Waals surface area contributed by atoms with Gasteiger partial charge in [-0.3, -0.25) is 4.79 Å². The van der Waals surface area contributed by atoms with Crippen LogP contribution in [0.4, 0.5) is 0 Å². The van der Waals surface area contributed by atoms with Gasteiger partial charge in [0, 0.05) is 22.2 Å². The molecule has 5 heteroatoms. The first-order valence-electron chi connectivity index (χ1n) is 7.73. The van der Waals surface area contributed by atoms with E-state index in [-0.39, 0.29) is 12.5 Å². The number of nitrogens with one attached hydrogen (secondary N) is 2. The summed E-state index contributed by atoms with van der Waals surface area (Å²) in [6.07, 6.45) is 1.65. The first-order chi connectivity index (χ1) is 11.6. The molecule has 24 heavy (non-hydrogen) atoms. The molecule has 5 nitrogen and oxygen atoms in total. The van der Waals surface area contributed by atoms with E-state index in [9.17, 15) is 4.79 Å². The normalized spacial score (nSPS) is 11.1. The maximum atomic E-state index is 11.8. The van der Waals surface area contributed by atoms with Crippen molar-refractivity contribution in [3.8, 4) is 5.75 Å². The molecule has 3 aromatic rings. The number of hydrazone groups is 1. The van der Waals surface area contributed by atoms with Crippen LogP contribution < -0.4 is 10.2 Å². The number of amides is 1. The fourth-order valence-electron chi connectivity index (χ4n) is 2.53. The SMILES string of the molecule is Cc1ccccc1OCC(=O)NN=Cc1c(C)[nH]c2ccccc12. The van der Waals surface area contributed by atoms with Crippen molar-refractivity contribution in [3.05, 3.63) is 65.4 Å². The van der Waals surface area contributed by atoms with Crippen molar-refractivity contribution in [1.82, 2.24) is 10.4 Å². The summed E-state index contributed by atoms with van der Waals surface area (Å²) in [6, 6.07) is 15.5. The van der Waals surface area contributed by atoms with E-state index in [1.165, 1.54) is 0 Å². The molecule has 122 valence electrons. The highest BCUT2D eigenvalue weighted by Gasteiger charge is 2.06. The number of hydrogen-bond donors (Lipinski definition) is 2. The first-order valence-corrected chi connectivity index (χ1v) is 7.73. The van der Waals surface area contributed by atoms with Gasteiger partial charge in [0.25, 0.3) is 5.91 Å². The lowest BCUT2D eigenvalue weighted by Gasteiger charge is -2.07. The second kappa shape index (κ2) is 7.00. The van der Waals surface area contributed by atoms with Gasteiger partial charge in [-0.05, 0) is 31.5 Å². The number of rotatable bonds is 5. The van der Waals surface area contributed by atoms with Crippen LogP contribution >= 0.6 is 0 Å². The van der Waals surface area contributed by atoms with Gasteiger partial charge >= 0.3 is 0 Å². The van der Waals surface area contributed by atoms with Gasteiger partial charge in [0.2, 0.25) is 0 Å². The standard InChI is InChI=1S/C19H19N3O2/c1-13-7-3-6-10-18(13)24-12-19(23)22-20-11-16-14(2)21-17-9-5-4-8-15(16)17/h3-11,21H,12H2,1-2H3,(H,22,23). The molecule has 1 amide bonds. The van der Waals surface area contributed by atoms with E-state index in [0.717, 1.165) is 27.7 Å². The van der Waals surface area contributed by atoms with E-state index in [2.05, 4.69) is 15.5 Å². The average molecular weight is 321 g/mol. The molecule has 3 rings (SSSR count). The van der Waals surface area contributed by atoms with Gasteiger partial charge in [-0.15, -0.1) is 0 Å². The number of para-hydroxylation sites is 2. The smallest absolute Gasteiger partial charge is 0.277 e. The minimum absolute atomic E-state index is 0.0743. The van der Waals surface area contributed by atoms with Crippen LogP contribution in [0.15, 0.2) is 53.6 Å². The Labute approximate surface area is 140 Å². The molecule has 1 heterocycles. The van der Waals surface area contributed by atoms with E-state index >= 15 is 0 Å². The van der Waals surface area contributed by atoms with Crippen LogP contribution in [0.25, 0.3) is 10.9 Å². The molecule has 2 N–H and O–H groups in total. The molecule has 0 aliphatic rings. The Hall–Kier alpha value is -3.08. The van der Waals surface area contributed by atoms with Crippen LogP contribution in [0.3, 0.4) is 0 Å². The van der Waals surface area contributed by atoms with Crippen LogP contribution in [0.2, 0.25) is 0 Å². The molecule has 0 aliphatic heterocycles. The Balaban J connectivity index is 1.60. The van der Waals surface area contributed by atoms with Gasteiger partial charge in [0.15, 0.2) is 6.61 Å². The molecule has 0 saturated carbocycles. The second-order valence-electron chi connectivity index (χ2n) is 5.56. The molecule has 0 spiro atoms. The lowest BCUT2D eigenvalue weighted by Crippen LogP contribution is -2.24. The number of aromatic nitrogens is 1. The van der Waals surface area contributed by atoms with Crippen molar-refractivity contribution < 1.29 is 9.53 Å². The van der Waals surface area contributed by atoms with Crippen molar-refractivity contribution in [3.63, 3.8) is 0 Å². The maximum Gasteiger partial charge on any atom is 0.277 e. The molecule has 0 unspecified atom stereocenters. The Bertz CT molecular complexity index is 897. The predicted molar refractivity (Wildman–Crippen MR) is 95.4 cm³/mol. The van der Waals surface area contributed by atoms with Crippen molar-refractivity contribution in [2.45, 2.75) is 13.8 Å². The predicted octanol–water partition coefficient (Wildman–Crippen LogP) is 3.31. The van der Waals surface area contributed by atoms with Gasteiger partial charge < -0.3 is 9.72 Å². The van der Waals surface area contributed by atoms with Gasteiger partial charge in [-0.2, -0.15) is 5.10 Å². The summed E-state index contributed by atoms with van der Waals surface area (Å²) in [7, 11) is 0. The second-order valence-corrected chi connectivity index (χ2v) is 5.56. The molecule has 0 aliphatic carbocycles. The van der Waals surface area contributed by atoms with E-state index in [1.807, 2.05) is 62.4 Å². The monoisotopic (exact) mass is 321 g/mol. The van der Waals surface area contributed by atoms with Crippen molar-refractivity contribution >= 4 is 23.0 Å². The Kier molecular flexibility index (Phi) is 4.61. The third kappa shape index (κ3) is 3.46. The summed E-state index contributed by atoms with van der Waals surface area (Å²) in [5.74, 6) is 0.399. The number of benzene rings is 2. The van der Waals surface area contributed by atoms with Crippen LogP contribution in [0, 0.1) is 13.8 Å². The summed E-state index contributed by atoms with van der Waals surface area (Å²) in [5.41, 5.74) is 6.50. The number of carbonyl (C=O) groups is 1. The van der Waals surface area contributed by atoms with Crippen molar-refractivity contribution in [1.29, 1.82) is 0 Å². The number of ether oxygens (including phenoxy) is 1. The molecule has 2 aromatic carbocycles. The topological polar surface area (TPSA) is 66.5 Å². The highest BCUT2D eigenvalue weighted by atomic mass is 16.5. The fraction of sp³-hybridized carbons (Fsp3) is 0.158. The minimum atomic E-state index is -0.299. The van der Waals surface area contributed by atoms with E-state index in [0.29, 0.717) is 5.75 Å². The Morgan fingerprint density at radius 2 is 1.92 bits per heavy atom. The van der Waals surface area contributed by atoms with Gasteiger partial charge in [0.05, 0.1) is 6.21 Å². The van der Waals surface area contributed by atoms with E-state index in [4.69, 9.17) is 4.74 Å². The lowest BCUT2D eigenvalue weighted by molar-refractivity contribution is -0.123. The number of nitrogens with zero attached hydrogens (tertiary/aromatic N) is 1. The lowest BCUT2D eigenvalue weighted by atomic mass is 10.1. The molecule has 0 fully saturated rings. The number of aryl methyl sites for hydroxylation is 2. The molecule has 0 saturated heterocycles. The van der Waals surface area contributed by atoms with Gasteiger partial charge in [-0.1, -0.05) is 36.4 Å². The summed E-state index contributed by atoms with van der Waals surface area (Å²) < 4.78 is 5.49.